The van der Waals surface area contributed by atoms with Crippen LogP contribution in [0.3, 0.4) is 0 Å². The highest BCUT2D eigenvalue weighted by molar-refractivity contribution is 5.41. The van der Waals surface area contributed by atoms with Gasteiger partial charge in [-0.25, -0.2) is 0 Å². The monoisotopic (exact) mass is 269 g/mol. The number of hydrogen-bond donors (Lipinski definition) is 1. The Balaban J connectivity index is 1.68. The number of nitro benzene ring substituents is 1. The van der Waals surface area contributed by atoms with Crippen LogP contribution in [0.4, 0.5) is 5.69 Å². The molecule has 0 fully saturated rings. The first-order chi connectivity index (χ1) is 9.65. The van der Waals surface area contributed by atoms with Crippen LogP contribution in [0.5, 0.6) is 0 Å². The van der Waals surface area contributed by atoms with Gasteiger partial charge in [-0.15, -0.1) is 0 Å². The van der Waals surface area contributed by atoms with E-state index in [-0.39, 0.29) is 11.6 Å². The Bertz CT molecular complexity index is 636. The van der Waals surface area contributed by atoms with E-state index in [9.17, 15) is 15.2 Å². The molecule has 1 aliphatic carbocycles. The fourth-order valence-corrected chi connectivity index (χ4v) is 2.78. The highest BCUT2D eigenvalue weighted by Crippen LogP contribution is 2.38. The average Bonchev–Trinajstić information content (AvgIpc) is 2.41. The van der Waals surface area contributed by atoms with Gasteiger partial charge in [0.15, 0.2) is 0 Å². The lowest BCUT2D eigenvalue weighted by atomic mass is 9.73. The lowest BCUT2D eigenvalue weighted by Gasteiger charge is -2.34. The number of aliphatic hydroxyl groups excluding tert-OH is 1. The summed E-state index contributed by atoms with van der Waals surface area (Å²) in [5, 5.41) is 20.9. The fourth-order valence-electron chi connectivity index (χ4n) is 2.78. The third-order valence-electron chi connectivity index (χ3n) is 3.95. The molecule has 2 unspecified atom stereocenters. The third kappa shape index (κ3) is 2.30. The summed E-state index contributed by atoms with van der Waals surface area (Å²) >= 11 is 0. The molecule has 102 valence electrons. The molecular formula is C16H15NO3. The summed E-state index contributed by atoms with van der Waals surface area (Å²) < 4.78 is 0. The number of aliphatic hydroxyl groups is 1. The van der Waals surface area contributed by atoms with E-state index in [4.69, 9.17) is 0 Å². The maximum atomic E-state index is 10.6. The van der Waals surface area contributed by atoms with Crippen molar-refractivity contribution in [3.8, 4) is 0 Å². The van der Waals surface area contributed by atoms with Crippen molar-refractivity contribution in [3.63, 3.8) is 0 Å². The lowest BCUT2D eigenvalue weighted by Crippen LogP contribution is -2.30. The number of benzene rings is 2. The normalized spacial score (nSPS) is 17.9. The molecule has 1 aliphatic rings. The molecule has 0 aliphatic heterocycles. The molecule has 0 saturated carbocycles. The predicted molar refractivity (Wildman–Crippen MR) is 75.7 cm³/mol. The van der Waals surface area contributed by atoms with E-state index in [1.807, 2.05) is 12.1 Å². The van der Waals surface area contributed by atoms with E-state index < -0.39 is 11.0 Å². The van der Waals surface area contributed by atoms with E-state index in [0.29, 0.717) is 6.42 Å². The third-order valence-corrected chi connectivity index (χ3v) is 3.95. The Hall–Kier alpha value is -2.20. The maximum Gasteiger partial charge on any atom is 0.269 e. The van der Waals surface area contributed by atoms with Crippen molar-refractivity contribution in [1.82, 2.24) is 0 Å². The molecule has 0 bridgehead atoms. The summed E-state index contributed by atoms with van der Waals surface area (Å²) in [4.78, 5) is 10.2. The van der Waals surface area contributed by atoms with Gasteiger partial charge in [0.1, 0.15) is 0 Å². The Kier molecular flexibility index (Phi) is 3.24. The molecule has 20 heavy (non-hydrogen) atoms. The van der Waals surface area contributed by atoms with Crippen molar-refractivity contribution >= 4 is 5.69 Å². The molecule has 2 atom stereocenters. The van der Waals surface area contributed by atoms with E-state index in [2.05, 4.69) is 12.1 Å². The quantitative estimate of drug-likeness (QED) is 0.685. The van der Waals surface area contributed by atoms with Gasteiger partial charge in [0.2, 0.25) is 0 Å². The molecule has 0 spiro atoms. The lowest BCUT2D eigenvalue weighted by molar-refractivity contribution is -0.384. The smallest absolute Gasteiger partial charge is 0.269 e. The molecule has 2 aromatic rings. The molecule has 0 radical (unpaired) electrons. The summed E-state index contributed by atoms with van der Waals surface area (Å²) in [5.74, 6) is 0.182. The fraction of sp³-hybridized carbons (Fsp3) is 0.250. The first kappa shape index (κ1) is 12.8. The van der Waals surface area contributed by atoms with Crippen LogP contribution in [0.25, 0.3) is 0 Å². The van der Waals surface area contributed by atoms with Gasteiger partial charge < -0.3 is 5.11 Å². The van der Waals surface area contributed by atoms with Crippen molar-refractivity contribution in [2.24, 2.45) is 0 Å². The van der Waals surface area contributed by atoms with Gasteiger partial charge in [-0.2, -0.15) is 0 Å². The zero-order valence-electron chi connectivity index (χ0n) is 10.9. The minimum absolute atomic E-state index is 0.0808. The van der Waals surface area contributed by atoms with Crippen LogP contribution in [-0.4, -0.2) is 16.1 Å². The maximum absolute atomic E-state index is 10.6. The van der Waals surface area contributed by atoms with E-state index in [1.54, 1.807) is 12.1 Å². The largest absolute Gasteiger partial charge is 0.392 e. The Morgan fingerprint density at radius 2 is 1.90 bits per heavy atom. The molecule has 3 rings (SSSR count). The van der Waals surface area contributed by atoms with E-state index in [0.717, 1.165) is 12.0 Å². The highest BCUT2D eigenvalue weighted by Gasteiger charge is 2.31. The summed E-state index contributed by atoms with van der Waals surface area (Å²) in [7, 11) is 0. The Labute approximate surface area is 116 Å². The van der Waals surface area contributed by atoms with Crippen LogP contribution in [0.1, 0.15) is 22.6 Å². The minimum Gasteiger partial charge on any atom is -0.392 e. The zero-order chi connectivity index (χ0) is 14.1. The summed E-state index contributed by atoms with van der Waals surface area (Å²) in [6.45, 7) is 0. The second kappa shape index (κ2) is 5.06. The number of nitrogens with zero attached hydrogens (tertiary/aromatic N) is 1. The number of rotatable bonds is 4. The van der Waals surface area contributed by atoms with Gasteiger partial charge in [-0.1, -0.05) is 36.4 Å². The molecule has 2 aromatic carbocycles. The Morgan fingerprint density at radius 1 is 1.20 bits per heavy atom. The minimum atomic E-state index is -0.439. The second-order valence-corrected chi connectivity index (χ2v) is 5.20. The molecule has 1 N–H and O–H groups in total. The Morgan fingerprint density at radius 3 is 2.55 bits per heavy atom. The molecule has 0 aromatic heterocycles. The van der Waals surface area contributed by atoms with E-state index in [1.165, 1.54) is 23.3 Å². The second-order valence-electron chi connectivity index (χ2n) is 5.20. The standard InChI is InChI=1S/C16H15NO3/c18-16(15-10-12-3-1-2-4-14(12)15)9-11-5-7-13(8-6-11)17(19)20/h1-8,15-16,18H,9-10H2. The van der Waals surface area contributed by atoms with Crippen LogP contribution < -0.4 is 0 Å². The molecule has 0 heterocycles. The van der Waals surface area contributed by atoms with Crippen molar-refractivity contribution in [2.45, 2.75) is 24.9 Å². The van der Waals surface area contributed by atoms with Gasteiger partial charge in [0.05, 0.1) is 11.0 Å². The summed E-state index contributed by atoms with van der Waals surface area (Å²) in [6.07, 6.45) is 0.993. The van der Waals surface area contributed by atoms with Gasteiger partial charge in [-0.05, 0) is 29.5 Å². The molecule has 4 nitrogen and oxygen atoms in total. The predicted octanol–water partition coefficient (Wildman–Crippen LogP) is 2.84. The molecule has 4 heteroatoms. The van der Waals surface area contributed by atoms with Gasteiger partial charge in [0, 0.05) is 18.1 Å². The van der Waals surface area contributed by atoms with Crippen molar-refractivity contribution < 1.29 is 10.0 Å². The van der Waals surface area contributed by atoms with Gasteiger partial charge >= 0.3 is 0 Å². The van der Waals surface area contributed by atoms with Crippen LogP contribution in [0, 0.1) is 10.1 Å². The van der Waals surface area contributed by atoms with Crippen molar-refractivity contribution in [3.05, 3.63) is 75.3 Å². The first-order valence-corrected chi connectivity index (χ1v) is 6.64. The number of fused-ring (bicyclic) bond motifs is 1. The first-order valence-electron chi connectivity index (χ1n) is 6.64. The molecular weight excluding hydrogens is 254 g/mol. The zero-order valence-corrected chi connectivity index (χ0v) is 10.9. The van der Waals surface area contributed by atoms with Crippen LogP contribution >= 0.6 is 0 Å². The van der Waals surface area contributed by atoms with Crippen LogP contribution in [0.2, 0.25) is 0 Å². The number of hydrogen-bond acceptors (Lipinski definition) is 3. The summed E-state index contributed by atoms with van der Waals surface area (Å²) in [5.41, 5.74) is 3.53. The molecule has 0 amide bonds. The van der Waals surface area contributed by atoms with Crippen LogP contribution in [0.15, 0.2) is 48.5 Å². The van der Waals surface area contributed by atoms with Gasteiger partial charge in [-0.3, -0.25) is 10.1 Å². The summed E-state index contributed by atoms with van der Waals surface area (Å²) in [6, 6.07) is 14.5. The van der Waals surface area contributed by atoms with Gasteiger partial charge in [0.25, 0.3) is 5.69 Å². The number of non-ortho nitro benzene ring substituents is 1. The SMILES string of the molecule is O=[N+]([O-])c1ccc(CC(O)C2Cc3ccccc32)cc1. The highest BCUT2D eigenvalue weighted by atomic mass is 16.6. The van der Waals surface area contributed by atoms with Crippen molar-refractivity contribution in [2.75, 3.05) is 0 Å². The van der Waals surface area contributed by atoms with E-state index >= 15 is 0 Å². The molecule has 0 saturated heterocycles. The number of nitro groups is 1. The van der Waals surface area contributed by atoms with Crippen molar-refractivity contribution in [1.29, 1.82) is 0 Å². The topological polar surface area (TPSA) is 63.4 Å². The average molecular weight is 269 g/mol. The van der Waals surface area contributed by atoms with Crippen LogP contribution in [-0.2, 0) is 12.8 Å².